The van der Waals surface area contributed by atoms with Gasteiger partial charge in [0.1, 0.15) is 0 Å². The minimum atomic E-state index is 0.721. The van der Waals surface area contributed by atoms with Crippen molar-refractivity contribution in [3.05, 3.63) is 0 Å². The van der Waals surface area contributed by atoms with Crippen LogP contribution in [0.4, 0.5) is 0 Å². The molecule has 3 N–H and O–H groups in total. The molecule has 1 saturated carbocycles. The molecule has 1 heteroatoms. The topological polar surface area (TPSA) is 27.6 Å². The Morgan fingerprint density at radius 3 is 2.36 bits per heavy atom. The van der Waals surface area contributed by atoms with Crippen molar-refractivity contribution in [1.29, 1.82) is 0 Å². The van der Waals surface area contributed by atoms with E-state index in [4.69, 9.17) is 0 Å². The highest BCUT2D eigenvalue weighted by atomic mass is 14.7. The summed E-state index contributed by atoms with van der Waals surface area (Å²) in [6, 6.07) is 0.721. The van der Waals surface area contributed by atoms with Crippen LogP contribution < -0.4 is 5.73 Å². The van der Waals surface area contributed by atoms with Gasteiger partial charge in [-0.1, -0.05) is 20.8 Å². The predicted molar refractivity (Wildman–Crippen MR) is 48.0 cm³/mol. The van der Waals surface area contributed by atoms with Crippen molar-refractivity contribution in [3.63, 3.8) is 0 Å². The van der Waals surface area contributed by atoms with E-state index in [0.29, 0.717) is 0 Å². The Balaban J connectivity index is 2.44. The van der Waals surface area contributed by atoms with Gasteiger partial charge in [-0.2, -0.15) is 0 Å². The summed E-state index contributed by atoms with van der Waals surface area (Å²) in [5.41, 5.74) is 4.25. The van der Waals surface area contributed by atoms with Gasteiger partial charge in [-0.25, -0.2) is 0 Å². The highest BCUT2D eigenvalue weighted by molar-refractivity contribution is 4.78. The lowest BCUT2D eigenvalue weighted by molar-refractivity contribution is -0.443. The number of hydrogen-bond donors (Lipinski definition) is 1. The molecule has 0 radical (unpaired) electrons. The molecule has 3 atom stereocenters. The Kier molecular flexibility index (Phi) is 2.94. The summed E-state index contributed by atoms with van der Waals surface area (Å²) in [5, 5.41) is 0. The van der Waals surface area contributed by atoms with Crippen LogP contribution in [0.15, 0.2) is 0 Å². The van der Waals surface area contributed by atoms with E-state index in [2.05, 4.69) is 26.5 Å². The fraction of sp³-hybridized carbons (Fsp3) is 1.00. The first-order valence-corrected chi connectivity index (χ1v) is 4.94. The molecule has 0 spiro atoms. The molecular formula is C10H22N+. The average Bonchev–Trinajstić information content (AvgIpc) is 1.85. The fourth-order valence-electron chi connectivity index (χ4n) is 2.40. The van der Waals surface area contributed by atoms with Gasteiger partial charge in [-0.05, 0) is 24.7 Å². The van der Waals surface area contributed by atoms with Crippen LogP contribution in [-0.4, -0.2) is 6.04 Å². The lowest BCUT2D eigenvalue weighted by Gasteiger charge is -2.32. The number of quaternary nitrogens is 1. The van der Waals surface area contributed by atoms with E-state index in [1.54, 1.807) is 0 Å². The smallest absolute Gasteiger partial charge is 0.0877 e. The molecule has 0 aromatic heterocycles. The first-order chi connectivity index (χ1) is 5.11. The standard InChI is InChI=1S/C10H21N/c1-7(2)9-5-4-8(3)6-10(9)11/h7-10H,4-6,11H2,1-3H3/p+1/t8-,9+,10+/m0/s1. The SMILES string of the molecule is CC(C)[C@H]1CC[C@H](C)C[C@H]1[NH3+]. The van der Waals surface area contributed by atoms with Crippen molar-refractivity contribution < 1.29 is 5.73 Å². The van der Waals surface area contributed by atoms with Gasteiger partial charge in [0.2, 0.25) is 0 Å². The summed E-state index contributed by atoms with van der Waals surface area (Å²) < 4.78 is 0. The van der Waals surface area contributed by atoms with Crippen LogP contribution in [0.2, 0.25) is 0 Å². The quantitative estimate of drug-likeness (QED) is 0.598. The lowest BCUT2D eigenvalue weighted by Crippen LogP contribution is -2.66. The van der Waals surface area contributed by atoms with Crippen molar-refractivity contribution in [3.8, 4) is 0 Å². The maximum atomic E-state index is 4.25. The Hall–Kier alpha value is -0.0400. The summed E-state index contributed by atoms with van der Waals surface area (Å²) in [7, 11) is 0. The van der Waals surface area contributed by atoms with Crippen LogP contribution in [-0.2, 0) is 0 Å². The molecule has 0 aromatic rings. The largest absolute Gasteiger partial charge is 0.355 e. The molecule has 0 unspecified atom stereocenters. The molecule has 0 bridgehead atoms. The lowest BCUT2D eigenvalue weighted by atomic mass is 9.74. The van der Waals surface area contributed by atoms with Gasteiger partial charge in [0, 0.05) is 12.3 Å². The number of rotatable bonds is 1. The minimum Gasteiger partial charge on any atom is -0.355 e. The van der Waals surface area contributed by atoms with Gasteiger partial charge in [0.05, 0.1) is 6.04 Å². The van der Waals surface area contributed by atoms with Gasteiger partial charge in [0.25, 0.3) is 0 Å². The maximum absolute atomic E-state index is 4.25. The zero-order valence-corrected chi connectivity index (χ0v) is 8.14. The highest BCUT2D eigenvalue weighted by Crippen LogP contribution is 2.31. The predicted octanol–water partition coefficient (Wildman–Crippen LogP) is 1.69. The van der Waals surface area contributed by atoms with Crippen molar-refractivity contribution in [1.82, 2.24) is 0 Å². The van der Waals surface area contributed by atoms with Crippen LogP contribution in [0.1, 0.15) is 40.0 Å². The van der Waals surface area contributed by atoms with E-state index in [1.807, 2.05) is 0 Å². The first kappa shape index (κ1) is 9.05. The summed E-state index contributed by atoms with van der Waals surface area (Å²) >= 11 is 0. The molecule has 0 amide bonds. The zero-order chi connectivity index (χ0) is 8.43. The van der Waals surface area contributed by atoms with Gasteiger partial charge < -0.3 is 5.73 Å². The van der Waals surface area contributed by atoms with Crippen LogP contribution in [0, 0.1) is 17.8 Å². The molecule has 1 nitrogen and oxygen atoms in total. The third-order valence-electron chi connectivity index (χ3n) is 3.16. The summed E-state index contributed by atoms with van der Waals surface area (Å²) in [5.74, 6) is 2.66. The first-order valence-electron chi connectivity index (χ1n) is 4.94. The van der Waals surface area contributed by atoms with E-state index in [-0.39, 0.29) is 0 Å². The Morgan fingerprint density at radius 2 is 1.91 bits per heavy atom. The van der Waals surface area contributed by atoms with Crippen LogP contribution in [0.3, 0.4) is 0 Å². The van der Waals surface area contributed by atoms with Crippen LogP contribution in [0.25, 0.3) is 0 Å². The Bertz CT molecular complexity index is 120. The molecule has 1 fully saturated rings. The van der Waals surface area contributed by atoms with Gasteiger partial charge in [-0.15, -0.1) is 0 Å². The monoisotopic (exact) mass is 156 g/mol. The van der Waals surface area contributed by atoms with Gasteiger partial charge in [-0.3, -0.25) is 0 Å². The molecule has 66 valence electrons. The molecule has 1 aliphatic carbocycles. The summed E-state index contributed by atoms with van der Waals surface area (Å²) in [6.45, 7) is 7.02. The average molecular weight is 156 g/mol. The van der Waals surface area contributed by atoms with E-state index in [1.165, 1.54) is 19.3 Å². The second-order valence-corrected chi connectivity index (χ2v) is 4.59. The molecule has 0 aromatic carbocycles. The number of hydrogen-bond acceptors (Lipinski definition) is 0. The summed E-state index contributed by atoms with van der Waals surface area (Å²) in [4.78, 5) is 0. The third kappa shape index (κ3) is 2.19. The van der Waals surface area contributed by atoms with Crippen molar-refractivity contribution in [2.75, 3.05) is 0 Å². The normalized spacial score (nSPS) is 39.5. The molecule has 0 heterocycles. The molecule has 1 aliphatic rings. The third-order valence-corrected chi connectivity index (χ3v) is 3.16. The van der Waals surface area contributed by atoms with E-state index in [0.717, 1.165) is 23.8 Å². The highest BCUT2D eigenvalue weighted by Gasteiger charge is 2.30. The van der Waals surface area contributed by atoms with Gasteiger partial charge >= 0.3 is 0 Å². The molecular weight excluding hydrogens is 134 g/mol. The summed E-state index contributed by atoms with van der Waals surface area (Å²) in [6.07, 6.45) is 4.19. The Morgan fingerprint density at radius 1 is 1.27 bits per heavy atom. The van der Waals surface area contributed by atoms with E-state index < -0.39 is 0 Å². The molecule has 0 aliphatic heterocycles. The van der Waals surface area contributed by atoms with E-state index in [9.17, 15) is 0 Å². The van der Waals surface area contributed by atoms with Crippen molar-refractivity contribution in [2.45, 2.75) is 46.1 Å². The van der Waals surface area contributed by atoms with Crippen molar-refractivity contribution in [2.24, 2.45) is 17.8 Å². The fourth-order valence-corrected chi connectivity index (χ4v) is 2.40. The minimum absolute atomic E-state index is 0.721. The molecule has 1 rings (SSSR count). The van der Waals surface area contributed by atoms with Crippen LogP contribution >= 0.6 is 0 Å². The molecule has 11 heavy (non-hydrogen) atoms. The van der Waals surface area contributed by atoms with Gasteiger partial charge in [0.15, 0.2) is 0 Å². The Labute approximate surface area is 70.4 Å². The van der Waals surface area contributed by atoms with Crippen LogP contribution in [0.5, 0.6) is 0 Å². The van der Waals surface area contributed by atoms with Crippen molar-refractivity contribution >= 4 is 0 Å². The zero-order valence-electron chi connectivity index (χ0n) is 8.14. The molecule has 0 saturated heterocycles. The van der Waals surface area contributed by atoms with E-state index >= 15 is 0 Å². The maximum Gasteiger partial charge on any atom is 0.0877 e. The second-order valence-electron chi connectivity index (χ2n) is 4.59. The second kappa shape index (κ2) is 3.57.